The highest BCUT2D eigenvalue weighted by Gasteiger charge is 2.34. The second kappa shape index (κ2) is 8.80. The van der Waals surface area contributed by atoms with Gasteiger partial charge in [-0.15, -0.1) is 0 Å². The molecule has 2 N–H and O–H groups in total. The lowest BCUT2D eigenvalue weighted by molar-refractivity contribution is -0.872. The standard InChI is InChI=1S/C22H25N3O3/c1-24(2)15-17-9-4-3-8-16(17)14-23-20(26)12-7-13-25-21(27)18-10-5-6-11-19(18)22(25)28/h3-6,8-11H,7,12-15H2,1-2H3,(H,23,26)/p+1. The smallest absolute Gasteiger partial charge is 0.261 e. The maximum atomic E-state index is 12.3. The van der Waals surface area contributed by atoms with E-state index in [0.717, 1.165) is 12.1 Å². The number of quaternary nitrogens is 1. The summed E-state index contributed by atoms with van der Waals surface area (Å²) in [5, 5.41) is 2.94. The summed E-state index contributed by atoms with van der Waals surface area (Å²) in [6.07, 6.45) is 0.718. The van der Waals surface area contributed by atoms with Gasteiger partial charge in [0, 0.05) is 25.1 Å². The first-order valence-corrected chi connectivity index (χ1v) is 9.55. The quantitative estimate of drug-likeness (QED) is 0.672. The summed E-state index contributed by atoms with van der Waals surface area (Å²) in [5.41, 5.74) is 3.21. The first-order chi connectivity index (χ1) is 13.5. The highest BCUT2D eigenvalue weighted by Crippen LogP contribution is 2.22. The van der Waals surface area contributed by atoms with E-state index in [0.29, 0.717) is 24.1 Å². The van der Waals surface area contributed by atoms with Gasteiger partial charge < -0.3 is 10.2 Å². The van der Waals surface area contributed by atoms with Crippen molar-refractivity contribution in [3.05, 3.63) is 70.8 Å². The Balaban J connectivity index is 1.47. The minimum absolute atomic E-state index is 0.0800. The molecule has 0 aliphatic carbocycles. The van der Waals surface area contributed by atoms with Crippen molar-refractivity contribution in [3.63, 3.8) is 0 Å². The van der Waals surface area contributed by atoms with Crippen LogP contribution in [0.2, 0.25) is 0 Å². The Morgan fingerprint density at radius 3 is 2.11 bits per heavy atom. The van der Waals surface area contributed by atoms with Gasteiger partial charge in [-0.1, -0.05) is 36.4 Å². The van der Waals surface area contributed by atoms with Crippen LogP contribution in [0.3, 0.4) is 0 Å². The van der Waals surface area contributed by atoms with E-state index in [-0.39, 0.29) is 30.7 Å². The Hall–Kier alpha value is -2.99. The molecule has 2 aromatic rings. The largest absolute Gasteiger partial charge is 0.352 e. The summed E-state index contributed by atoms with van der Waals surface area (Å²) in [6, 6.07) is 14.9. The molecule has 0 saturated heterocycles. The molecule has 3 rings (SSSR count). The van der Waals surface area contributed by atoms with Crippen molar-refractivity contribution >= 4 is 17.7 Å². The summed E-state index contributed by atoms with van der Waals surface area (Å²) in [5.74, 6) is -0.633. The molecule has 0 radical (unpaired) electrons. The predicted molar refractivity (Wildman–Crippen MR) is 106 cm³/mol. The van der Waals surface area contributed by atoms with Gasteiger partial charge in [0.05, 0.1) is 25.2 Å². The summed E-state index contributed by atoms with van der Waals surface area (Å²) in [4.78, 5) is 39.4. The molecule has 0 bridgehead atoms. The van der Waals surface area contributed by atoms with Crippen LogP contribution in [-0.2, 0) is 17.9 Å². The second-order valence-corrected chi connectivity index (χ2v) is 7.34. The van der Waals surface area contributed by atoms with Crippen LogP contribution < -0.4 is 10.2 Å². The number of carbonyl (C=O) groups is 3. The molecule has 3 amide bonds. The zero-order valence-corrected chi connectivity index (χ0v) is 16.3. The van der Waals surface area contributed by atoms with E-state index in [2.05, 4.69) is 25.5 Å². The average molecular weight is 380 g/mol. The van der Waals surface area contributed by atoms with E-state index < -0.39 is 0 Å². The van der Waals surface area contributed by atoms with Crippen molar-refractivity contribution in [1.82, 2.24) is 10.2 Å². The molecule has 0 atom stereocenters. The summed E-state index contributed by atoms with van der Waals surface area (Å²) in [6.45, 7) is 1.63. The Kier molecular flexibility index (Phi) is 6.21. The van der Waals surface area contributed by atoms with Crippen LogP contribution in [-0.4, -0.2) is 43.3 Å². The van der Waals surface area contributed by atoms with Gasteiger partial charge >= 0.3 is 0 Å². The van der Waals surface area contributed by atoms with Crippen LogP contribution in [0.4, 0.5) is 0 Å². The zero-order valence-electron chi connectivity index (χ0n) is 16.3. The van der Waals surface area contributed by atoms with Crippen LogP contribution in [0.15, 0.2) is 48.5 Å². The van der Waals surface area contributed by atoms with Crippen LogP contribution >= 0.6 is 0 Å². The maximum Gasteiger partial charge on any atom is 0.261 e. The van der Waals surface area contributed by atoms with E-state index >= 15 is 0 Å². The second-order valence-electron chi connectivity index (χ2n) is 7.34. The third-order valence-corrected chi connectivity index (χ3v) is 4.80. The molecule has 6 heteroatoms. The summed E-state index contributed by atoms with van der Waals surface area (Å²) in [7, 11) is 4.18. The normalized spacial score (nSPS) is 13.2. The molecule has 0 fully saturated rings. The van der Waals surface area contributed by atoms with Crippen LogP contribution in [0.25, 0.3) is 0 Å². The average Bonchev–Trinajstić information content (AvgIpc) is 2.92. The zero-order chi connectivity index (χ0) is 20.1. The summed E-state index contributed by atoms with van der Waals surface area (Å²) >= 11 is 0. The van der Waals surface area contributed by atoms with Crippen LogP contribution in [0, 0.1) is 0 Å². The SMILES string of the molecule is C[NH+](C)Cc1ccccc1CNC(=O)CCCN1C(=O)c2ccccc2C1=O. The topological polar surface area (TPSA) is 70.9 Å². The van der Waals surface area contributed by atoms with Gasteiger partial charge in [-0.3, -0.25) is 19.3 Å². The third kappa shape index (κ3) is 4.46. The molecule has 28 heavy (non-hydrogen) atoms. The minimum atomic E-state index is -0.277. The fourth-order valence-corrected chi connectivity index (χ4v) is 3.41. The monoisotopic (exact) mass is 380 g/mol. The molecule has 1 aliphatic rings. The number of hydrogen-bond acceptors (Lipinski definition) is 3. The van der Waals surface area contributed by atoms with E-state index in [1.807, 2.05) is 18.2 Å². The fourth-order valence-electron chi connectivity index (χ4n) is 3.41. The Labute approximate surface area is 165 Å². The lowest BCUT2D eigenvalue weighted by atomic mass is 10.1. The molecule has 1 aliphatic heterocycles. The van der Waals surface area contributed by atoms with E-state index in [1.165, 1.54) is 15.4 Å². The van der Waals surface area contributed by atoms with Crippen molar-refractivity contribution in [2.45, 2.75) is 25.9 Å². The Morgan fingerprint density at radius 2 is 1.50 bits per heavy atom. The first-order valence-electron chi connectivity index (χ1n) is 9.55. The van der Waals surface area contributed by atoms with Crippen molar-refractivity contribution in [1.29, 1.82) is 0 Å². The van der Waals surface area contributed by atoms with Gasteiger partial charge in [0.25, 0.3) is 11.8 Å². The maximum absolute atomic E-state index is 12.3. The molecule has 0 spiro atoms. The van der Waals surface area contributed by atoms with Gasteiger partial charge in [-0.25, -0.2) is 0 Å². The molecular formula is C22H26N3O3+. The lowest BCUT2D eigenvalue weighted by Gasteiger charge is -2.14. The van der Waals surface area contributed by atoms with E-state index in [4.69, 9.17) is 0 Å². The number of hydrogen-bond donors (Lipinski definition) is 2. The van der Waals surface area contributed by atoms with Crippen molar-refractivity contribution in [3.8, 4) is 0 Å². The molecule has 0 unspecified atom stereocenters. The number of rotatable bonds is 8. The molecule has 6 nitrogen and oxygen atoms in total. The van der Waals surface area contributed by atoms with Gasteiger partial charge in [0.2, 0.25) is 5.91 Å². The van der Waals surface area contributed by atoms with Crippen molar-refractivity contribution in [2.75, 3.05) is 20.6 Å². The van der Waals surface area contributed by atoms with Crippen LogP contribution in [0.1, 0.15) is 44.7 Å². The van der Waals surface area contributed by atoms with E-state index in [9.17, 15) is 14.4 Å². The Morgan fingerprint density at radius 1 is 0.929 bits per heavy atom. The fraction of sp³-hybridized carbons (Fsp3) is 0.318. The summed E-state index contributed by atoms with van der Waals surface area (Å²) < 4.78 is 0. The van der Waals surface area contributed by atoms with Crippen LogP contribution in [0.5, 0.6) is 0 Å². The highest BCUT2D eigenvalue weighted by atomic mass is 16.2. The van der Waals surface area contributed by atoms with Gasteiger partial charge in [0.1, 0.15) is 6.54 Å². The molecule has 1 heterocycles. The van der Waals surface area contributed by atoms with E-state index in [1.54, 1.807) is 24.3 Å². The number of nitrogens with one attached hydrogen (secondary N) is 2. The number of benzene rings is 2. The molecule has 0 saturated carbocycles. The number of nitrogens with zero attached hydrogens (tertiary/aromatic N) is 1. The number of fused-ring (bicyclic) bond motifs is 1. The number of amides is 3. The predicted octanol–water partition coefficient (Wildman–Crippen LogP) is 1.02. The van der Waals surface area contributed by atoms with Crippen molar-refractivity contribution in [2.24, 2.45) is 0 Å². The molecule has 2 aromatic carbocycles. The van der Waals surface area contributed by atoms with Gasteiger partial charge in [-0.05, 0) is 24.1 Å². The molecule has 146 valence electrons. The highest BCUT2D eigenvalue weighted by molar-refractivity contribution is 6.21. The third-order valence-electron chi connectivity index (χ3n) is 4.80. The van der Waals surface area contributed by atoms with Gasteiger partial charge in [0.15, 0.2) is 0 Å². The van der Waals surface area contributed by atoms with Gasteiger partial charge in [-0.2, -0.15) is 0 Å². The lowest BCUT2D eigenvalue weighted by Crippen LogP contribution is -3.04. The Bertz CT molecular complexity index is 857. The molecular weight excluding hydrogens is 354 g/mol. The minimum Gasteiger partial charge on any atom is -0.352 e. The number of imide groups is 1. The first kappa shape index (κ1) is 19.8. The van der Waals surface area contributed by atoms with Crippen molar-refractivity contribution < 1.29 is 19.3 Å². The molecule has 0 aromatic heterocycles. The number of carbonyl (C=O) groups excluding carboxylic acids is 3.